The number of anilines is 1. The molecule has 3 aliphatic rings. The summed E-state index contributed by atoms with van der Waals surface area (Å²) in [7, 11) is 0. The minimum atomic E-state index is -0.617. The molecule has 1 spiro atoms. The number of thioether (sulfide) groups is 1. The highest BCUT2D eigenvalue weighted by Gasteiger charge is 2.86. The maximum Gasteiger partial charge on any atom is 0.190 e. The second-order valence-electron chi connectivity index (χ2n) is 7.43. The maximum atomic E-state index is 14.5. The number of rotatable bonds is 5. The van der Waals surface area contributed by atoms with E-state index in [4.69, 9.17) is 17.3 Å². The van der Waals surface area contributed by atoms with Crippen LogP contribution in [0.4, 0.5) is 10.2 Å². The molecule has 2 saturated carbocycles. The summed E-state index contributed by atoms with van der Waals surface area (Å²) in [6.45, 7) is 4.22. The van der Waals surface area contributed by atoms with Crippen LogP contribution in [0.3, 0.4) is 0 Å². The van der Waals surface area contributed by atoms with E-state index >= 15 is 0 Å². The molecule has 3 heterocycles. The molecule has 0 bridgehead atoms. The molecule has 3 N–H and O–H groups in total. The molecule has 0 aromatic carbocycles. The van der Waals surface area contributed by atoms with Crippen LogP contribution in [-0.2, 0) is 6.42 Å². The van der Waals surface area contributed by atoms with Crippen LogP contribution >= 0.6 is 23.4 Å². The first-order valence-corrected chi connectivity index (χ1v) is 10.0. The Morgan fingerprint density at radius 1 is 1.44 bits per heavy atom. The highest BCUT2D eigenvalue weighted by atomic mass is 35.5. The lowest BCUT2D eigenvalue weighted by Gasteiger charge is -2.14. The van der Waals surface area contributed by atoms with Gasteiger partial charge in [0.15, 0.2) is 16.1 Å². The number of hydrogen-bond donors (Lipinski definition) is 2. The van der Waals surface area contributed by atoms with Crippen LogP contribution in [0.5, 0.6) is 0 Å². The quantitative estimate of drug-likeness (QED) is 0.472. The van der Waals surface area contributed by atoms with E-state index in [-0.39, 0.29) is 16.5 Å². The molecule has 1 saturated heterocycles. The molecule has 132 valence electrons. The number of hydrogen-bond acceptors (Lipinski definition) is 6. The van der Waals surface area contributed by atoms with Crippen molar-refractivity contribution in [2.45, 2.75) is 43.9 Å². The van der Waals surface area contributed by atoms with Crippen LogP contribution in [-0.4, -0.2) is 32.8 Å². The summed E-state index contributed by atoms with van der Waals surface area (Å²) in [4.78, 5) is 13.0. The van der Waals surface area contributed by atoms with Crippen molar-refractivity contribution < 1.29 is 4.39 Å². The number of nitrogen functional groups attached to an aromatic ring is 1. The van der Waals surface area contributed by atoms with Crippen molar-refractivity contribution in [3.63, 3.8) is 0 Å². The summed E-state index contributed by atoms with van der Waals surface area (Å²) in [6, 6.07) is 1.39. The van der Waals surface area contributed by atoms with Gasteiger partial charge in [-0.25, -0.2) is 19.3 Å². The fourth-order valence-corrected chi connectivity index (χ4v) is 5.71. The Morgan fingerprint density at radius 3 is 2.84 bits per heavy atom. The van der Waals surface area contributed by atoms with Crippen molar-refractivity contribution in [1.29, 1.82) is 0 Å². The lowest BCUT2D eigenvalue weighted by molar-refractivity contribution is 0.466. The zero-order valence-electron chi connectivity index (χ0n) is 14.0. The second-order valence-corrected chi connectivity index (χ2v) is 9.02. The molecular formula is C17H19ClFN5S. The molecular weight excluding hydrogens is 361 g/mol. The van der Waals surface area contributed by atoms with Crippen LogP contribution in [0.25, 0.3) is 10.9 Å². The van der Waals surface area contributed by atoms with E-state index in [9.17, 15) is 4.39 Å². The first-order chi connectivity index (χ1) is 12.0. The third-order valence-corrected chi connectivity index (χ3v) is 7.09. The number of nitrogens with two attached hydrogens (primary N) is 1. The van der Waals surface area contributed by atoms with Crippen molar-refractivity contribution in [2.24, 2.45) is 17.3 Å². The summed E-state index contributed by atoms with van der Waals surface area (Å²) in [5.74, 6) is 1.57. The Kier molecular flexibility index (Phi) is 3.32. The van der Waals surface area contributed by atoms with Gasteiger partial charge >= 0.3 is 0 Å². The standard InChI is InChI=1S/C17H19ClFN5S/c1-3-25-16-23-12-9(15(20)24-16)7(21-14(18)11(12)19)4-6(2)10-13-17(10)5-8(17)22-13/h6,8,10,13,22H,3-5H2,1-2H3,(H2,20,23,24)/t6-,8-,10+,13+,17?/m0/s1. The van der Waals surface area contributed by atoms with Crippen molar-refractivity contribution >= 4 is 40.1 Å². The van der Waals surface area contributed by atoms with Crippen molar-refractivity contribution in [3.8, 4) is 0 Å². The molecule has 0 radical (unpaired) electrons. The monoisotopic (exact) mass is 379 g/mol. The third-order valence-electron chi connectivity index (χ3n) is 6.11. The van der Waals surface area contributed by atoms with Gasteiger partial charge in [-0.15, -0.1) is 0 Å². The number of fused-ring (bicyclic) bond motifs is 1. The van der Waals surface area contributed by atoms with Gasteiger partial charge in [-0.3, -0.25) is 0 Å². The summed E-state index contributed by atoms with van der Waals surface area (Å²) in [6.07, 6.45) is 2.01. The average Bonchev–Trinajstić information content (AvgIpc) is 3.34. The van der Waals surface area contributed by atoms with Gasteiger partial charge in [-0.1, -0.05) is 37.2 Å². The molecule has 0 amide bonds. The van der Waals surface area contributed by atoms with Gasteiger partial charge in [0.25, 0.3) is 0 Å². The largest absolute Gasteiger partial charge is 0.383 e. The number of pyridine rings is 1. The van der Waals surface area contributed by atoms with Gasteiger partial charge in [-0.05, 0) is 30.4 Å². The highest BCUT2D eigenvalue weighted by Crippen LogP contribution is 2.79. The molecule has 5 atom stereocenters. The number of nitrogens with one attached hydrogen (secondary N) is 1. The molecule has 1 aliphatic heterocycles. The van der Waals surface area contributed by atoms with Crippen LogP contribution < -0.4 is 11.1 Å². The number of piperidine rings is 1. The molecule has 2 aromatic rings. The fourth-order valence-electron chi connectivity index (χ4n) is 4.94. The normalized spacial score (nSPS) is 32.7. The van der Waals surface area contributed by atoms with Crippen LogP contribution in [0.15, 0.2) is 5.16 Å². The minimum absolute atomic E-state index is 0.139. The number of halogens is 2. The fraction of sp³-hybridized carbons (Fsp3) is 0.588. The maximum absolute atomic E-state index is 14.5. The lowest BCUT2D eigenvalue weighted by Crippen LogP contribution is -2.32. The Balaban J connectivity index is 1.54. The Bertz CT molecular complexity index is 906. The van der Waals surface area contributed by atoms with Gasteiger partial charge in [0.05, 0.1) is 11.1 Å². The van der Waals surface area contributed by atoms with Gasteiger partial charge in [0.2, 0.25) is 0 Å². The second kappa shape index (κ2) is 5.18. The predicted octanol–water partition coefficient (Wildman–Crippen LogP) is 3.05. The van der Waals surface area contributed by atoms with Crippen LogP contribution in [0.2, 0.25) is 5.15 Å². The first kappa shape index (κ1) is 16.0. The molecule has 5 rings (SSSR count). The van der Waals surface area contributed by atoms with Crippen LogP contribution in [0.1, 0.15) is 26.0 Å². The van der Waals surface area contributed by atoms with E-state index in [2.05, 4.69) is 27.2 Å². The SMILES string of the molecule is CCSc1nc(N)c2c(C[C@H](C)[C@@H]3[C@H]4N[C@H]5CC354)nc(Cl)c(F)c2n1. The molecule has 5 nitrogen and oxygen atoms in total. The van der Waals surface area contributed by atoms with E-state index in [1.54, 1.807) is 0 Å². The first-order valence-electron chi connectivity index (χ1n) is 8.67. The highest BCUT2D eigenvalue weighted by molar-refractivity contribution is 7.99. The van der Waals surface area contributed by atoms with Gasteiger partial charge < -0.3 is 11.1 Å². The Hall–Kier alpha value is -1.18. The summed E-state index contributed by atoms with van der Waals surface area (Å²) < 4.78 is 14.5. The van der Waals surface area contributed by atoms with E-state index in [1.807, 2.05) is 6.92 Å². The van der Waals surface area contributed by atoms with E-state index in [0.717, 1.165) is 11.8 Å². The Morgan fingerprint density at radius 2 is 2.24 bits per heavy atom. The summed E-state index contributed by atoms with van der Waals surface area (Å²) >= 11 is 7.48. The van der Waals surface area contributed by atoms with E-state index in [0.29, 0.717) is 46.0 Å². The minimum Gasteiger partial charge on any atom is -0.383 e. The Labute approximate surface area is 154 Å². The summed E-state index contributed by atoms with van der Waals surface area (Å²) in [5, 5.41) is 4.44. The van der Waals surface area contributed by atoms with Crippen molar-refractivity contribution in [3.05, 3.63) is 16.7 Å². The summed E-state index contributed by atoms with van der Waals surface area (Å²) in [5.41, 5.74) is 7.60. The van der Waals surface area contributed by atoms with Crippen molar-refractivity contribution in [1.82, 2.24) is 20.3 Å². The smallest absolute Gasteiger partial charge is 0.190 e. The molecule has 8 heteroatoms. The molecule has 2 aromatic heterocycles. The number of aromatic nitrogens is 3. The van der Waals surface area contributed by atoms with Crippen molar-refractivity contribution in [2.75, 3.05) is 11.5 Å². The molecule has 1 unspecified atom stereocenters. The van der Waals surface area contributed by atoms with Gasteiger partial charge in [-0.2, -0.15) is 0 Å². The topological polar surface area (TPSA) is 76.7 Å². The van der Waals surface area contributed by atoms with Gasteiger partial charge in [0, 0.05) is 17.5 Å². The van der Waals surface area contributed by atoms with E-state index in [1.165, 1.54) is 18.2 Å². The van der Waals surface area contributed by atoms with Gasteiger partial charge in [0.1, 0.15) is 11.3 Å². The van der Waals surface area contributed by atoms with Crippen LogP contribution in [0, 0.1) is 23.1 Å². The molecule has 25 heavy (non-hydrogen) atoms. The molecule has 3 fully saturated rings. The number of nitrogens with zero attached hydrogens (tertiary/aromatic N) is 3. The average molecular weight is 380 g/mol. The van der Waals surface area contributed by atoms with E-state index < -0.39 is 5.82 Å². The predicted molar refractivity (Wildman–Crippen MR) is 97.2 cm³/mol. The molecule has 2 aliphatic carbocycles. The zero-order valence-corrected chi connectivity index (χ0v) is 15.6. The zero-order chi connectivity index (χ0) is 17.5. The third kappa shape index (κ3) is 2.09. The lowest BCUT2D eigenvalue weighted by atomic mass is 9.96.